The molecule has 122 valence electrons. The molecule has 0 spiro atoms. The summed E-state index contributed by atoms with van der Waals surface area (Å²) in [6.07, 6.45) is 2.85. The lowest BCUT2D eigenvalue weighted by Gasteiger charge is -2.22. The second-order valence-electron chi connectivity index (χ2n) is 6.54. The minimum atomic E-state index is 0.0985. The molecule has 1 amide bonds. The number of amides is 1. The molecule has 1 saturated heterocycles. The molecule has 2 rings (SSSR count). The van der Waals surface area contributed by atoms with Gasteiger partial charge < -0.3 is 15.4 Å². The maximum absolute atomic E-state index is 12.0. The fourth-order valence-electron chi connectivity index (χ4n) is 2.57. The minimum absolute atomic E-state index is 0.0985. The van der Waals surface area contributed by atoms with E-state index in [1.54, 1.807) is 0 Å². The smallest absolute Gasteiger partial charge is 0.224 e. The molecule has 1 aliphatic heterocycles. The molecule has 1 atom stereocenters. The highest BCUT2D eigenvalue weighted by molar-refractivity contribution is 5.78. The van der Waals surface area contributed by atoms with Gasteiger partial charge in [-0.15, -0.1) is 0 Å². The van der Waals surface area contributed by atoms with Gasteiger partial charge >= 0.3 is 0 Å². The molecule has 1 unspecified atom stereocenters. The highest BCUT2D eigenvalue weighted by atomic mass is 16.5. The van der Waals surface area contributed by atoms with E-state index in [-0.39, 0.29) is 5.91 Å². The van der Waals surface area contributed by atoms with Gasteiger partial charge in [-0.3, -0.25) is 4.79 Å². The lowest BCUT2D eigenvalue weighted by molar-refractivity contribution is -0.120. The molecule has 1 aliphatic rings. The number of carbonyl (C=O) groups is 1. The maximum Gasteiger partial charge on any atom is 0.224 e. The van der Waals surface area contributed by atoms with E-state index in [0.717, 1.165) is 37.6 Å². The Labute approximate surface area is 133 Å². The topological polar surface area (TPSA) is 50.4 Å². The fourth-order valence-corrected chi connectivity index (χ4v) is 2.57. The van der Waals surface area contributed by atoms with E-state index in [2.05, 4.69) is 24.5 Å². The molecule has 0 radical (unpaired) electrons. The molecule has 4 nitrogen and oxygen atoms in total. The molecular weight excluding hydrogens is 276 g/mol. The summed E-state index contributed by atoms with van der Waals surface area (Å²) in [4.78, 5) is 12.0. The normalized spacial score (nSPS) is 18.2. The molecule has 0 aromatic heterocycles. The Morgan fingerprint density at radius 3 is 2.77 bits per heavy atom. The van der Waals surface area contributed by atoms with Gasteiger partial charge in [-0.05, 0) is 55.5 Å². The van der Waals surface area contributed by atoms with Crippen LogP contribution in [0.5, 0.6) is 5.75 Å². The maximum atomic E-state index is 12.0. The number of hydrogen-bond acceptors (Lipinski definition) is 3. The molecule has 0 saturated carbocycles. The average Bonchev–Trinajstić information content (AvgIpc) is 2.53. The largest absolute Gasteiger partial charge is 0.493 e. The Balaban J connectivity index is 1.71. The third kappa shape index (κ3) is 6.06. The van der Waals surface area contributed by atoms with E-state index in [9.17, 15) is 4.79 Å². The third-order valence-corrected chi connectivity index (χ3v) is 3.86. The molecule has 1 fully saturated rings. The second kappa shape index (κ2) is 8.79. The molecule has 4 heteroatoms. The number of carbonyl (C=O) groups excluding carboxylic acids is 1. The Morgan fingerprint density at radius 2 is 2.14 bits per heavy atom. The van der Waals surface area contributed by atoms with Gasteiger partial charge in [0, 0.05) is 6.54 Å². The van der Waals surface area contributed by atoms with Crippen molar-refractivity contribution in [2.24, 2.45) is 11.8 Å². The monoisotopic (exact) mass is 304 g/mol. The number of hydrogen-bond donors (Lipinski definition) is 2. The highest BCUT2D eigenvalue weighted by Gasteiger charge is 2.13. The lowest BCUT2D eigenvalue weighted by Crippen LogP contribution is -2.38. The predicted molar refractivity (Wildman–Crippen MR) is 89.1 cm³/mol. The Kier molecular flexibility index (Phi) is 6.72. The van der Waals surface area contributed by atoms with Crippen LogP contribution in [0, 0.1) is 11.8 Å². The van der Waals surface area contributed by atoms with Gasteiger partial charge in [0.15, 0.2) is 0 Å². The number of piperidine rings is 1. The van der Waals surface area contributed by atoms with E-state index >= 15 is 0 Å². The van der Waals surface area contributed by atoms with Crippen LogP contribution in [0.25, 0.3) is 0 Å². The first-order chi connectivity index (χ1) is 10.6. The zero-order valence-corrected chi connectivity index (χ0v) is 13.7. The average molecular weight is 304 g/mol. The first kappa shape index (κ1) is 16.8. The zero-order valence-electron chi connectivity index (χ0n) is 13.7. The van der Waals surface area contributed by atoms with Crippen LogP contribution in [0.2, 0.25) is 0 Å². The van der Waals surface area contributed by atoms with E-state index in [4.69, 9.17) is 4.74 Å². The number of benzene rings is 1. The zero-order chi connectivity index (χ0) is 15.8. The Bertz CT molecular complexity index is 451. The summed E-state index contributed by atoms with van der Waals surface area (Å²) in [5.41, 5.74) is 1.02. The van der Waals surface area contributed by atoms with Crippen LogP contribution < -0.4 is 15.4 Å². The van der Waals surface area contributed by atoms with Gasteiger partial charge in [0.2, 0.25) is 5.91 Å². The molecule has 1 heterocycles. The summed E-state index contributed by atoms with van der Waals surface area (Å²) in [7, 11) is 0. The van der Waals surface area contributed by atoms with Gasteiger partial charge in [0.1, 0.15) is 5.75 Å². The molecule has 2 N–H and O–H groups in total. The first-order valence-electron chi connectivity index (χ1n) is 8.32. The van der Waals surface area contributed by atoms with E-state index in [0.29, 0.717) is 18.3 Å². The summed E-state index contributed by atoms with van der Waals surface area (Å²) >= 11 is 0. The van der Waals surface area contributed by atoms with Crippen LogP contribution in [0.15, 0.2) is 24.3 Å². The summed E-state index contributed by atoms with van der Waals surface area (Å²) in [6, 6.07) is 7.82. The minimum Gasteiger partial charge on any atom is -0.493 e. The van der Waals surface area contributed by atoms with Crippen LogP contribution >= 0.6 is 0 Å². The molecule has 0 bridgehead atoms. The lowest BCUT2D eigenvalue weighted by atomic mass is 10.00. The van der Waals surface area contributed by atoms with Crippen molar-refractivity contribution in [2.45, 2.75) is 33.1 Å². The molecule has 1 aromatic carbocycles. The van der Waals surface area contributed by atoms with Crippen LogP contribution in [0.3, 0.4) is 0 Å². The standard InChI is InChI=1S/C18H28N2O2/c1-14(2)13-22-17-7-5-15(6-8-17)10-18(21)20-12-16-4-3-9-19-11-16/h5-8,14,16,19H,3-4,9-13H2,1-2H3,(H,20,21). The van der Waals surface area contributed by atoms with Crippen molar-refractivity contribution < 1.29 is 9.53 Å². The van der Waals surface area contributed by atoms with Crippen molar-refractivity contribution in [3.8, 4) is 5.75 Å². The van der Waals surface area contributed by atoms with Crippen molar-refractivity contribution in [2.75, 3.05) is 26.2 Å². The van der Waals surface area contributed by atoms with Crippen molar-refractivity contribution in [3.05, 3.63) is 29.8 Å². The van der Waals surface area contributed by atoms with Crippen LogP contribution in [-0.4, -0.2) is 32.1 Å². The third-order valence-electron chi connectivity index (χ3n) is 3.86. The van der Waals surface area contributed by atoms with E-state index in [1.807, 2.05) is 24.3 Å². The Hall–Kier alpha value is -1.55. The summed E-state index contributed by atoms with van der Waals surface area (Å²) in [5.74, 6) is 2.05. The number of rotatable bonds is 7. The van der Waals surface area contributed by atoms with E-state index < -0.39 is 0 Å². The van der Waals surface area contributed by atoms with Crippen LogP contribution in [0.1, 0.15) is 32.3 Å². The van der Waals surface area contributed by atoms with Gasteiger partial charge in [-0.2, -0.15) is 0 Å². The van der Waals surface area contributed by atoms with Crippen molar-refractivity contribution >= 4 is 5.91 Å². The van der Waals surface area contributed by atoms with Crippen molar-refractivity contribution in [1.29, 1.82) is 0 Å². The van der Waals surface area contributed by atoms with Gasteiger partial charge in [0.05, 0.1) is 13.0 Å². The van der Waals surface area contributed by atoms with Crippen molar-refractivity contribution in [1.82, 2.24) is 10.6 Å². The predicted octanol–water partition coefficient (Wildman–Crippen LogP) is 2.38. The van der Waals surface area contributed by atoms with Crippen LogP contribution in [-0.2, 0) is 11.2 Å². The van der Waals surface area contributed by atoms with E-state index in [1.165, 1.54) is 12.8 Å². The quantitative estimate of drug-likeness (QED) is 0.813. The summed E-state index contributed by atoms with van der Waals surface area (Å²) < 4.78 is 5.65. The number of ether oxygens (including phenoxy) is 1. The van der Waals surface area contributed by atoms with Crippen molar-refractivity contribution in [3.63, 3.8) is 0 Å². The number of nitrogens with one attached hydrogen (secondary N) is 2. The SMILES string of the molecule is CC(C)COc1ccc(CC(=O)NCC2CCCNC2)cc1. The van der Waals surface area contributed by atoms with Crippen LogP contribution in [0.4, 0.5) is 0 Å². The van der Waals surface area contributed by atoms with Gasteiger partial charge in [0.25, 0.3) is 0 Å². The molecule has 1 aromatic rings. The Morgan fingerprint density at radius 1 is 1.36 bits per heavy atom. The molecule has 0 aliphatic carbocycles. The van der Waals surface area contributed by atoms with Gasteiger partial charge in [-0.25, -0.2) is 0 Å². The fraction of sp³-hybridized carbons (Fsp3) is 0.611. The summed E-state index contributed by atoms with van der Waals surface area (Å²) in [6.45, 7) is 7.87. The second-order valence-corrected chi connectivity index (χ2v) is 6.54. The highest BCUT2D eigenvalue weighted by Crippen LogP contribution is 2.14. The first-order valence-corrected chi connectivity index (χ1v) is 8.32. The van der Waals surface area contributed by atoms with Gasteiger partial charge in [-0.1, -0.05) is 26.0 Å². The molecular formula is C18H28N2O2. The summed E-state index contributed by atoms with van der Waals surface area (Å²) in [5, 5.41) is 6.41. The molecule has 22 heavy (non-hydrogen) atoms.